The summed E-state index contributed by atoms with van der Waals surface area (Å²) in [5.74, 6) is -0.828. The molecule has 4 rings (SSSR count). The molecule has 0 bridgehead atoms. The number of hydrogen-bond donors (Lipinski definition) is 3. The number of aromatic nitrogens is 4. The van der Waals surface area contributed by atoms with E-state index in [4.69, 9.17) is 23.1 Å². The van der Waals surface area contributed by atoms with Crippen LogP contribution in [0, 0.1) is 18.3 Å². The highest BCUT2D eigenvalue weighted by molar-refractivity contribution is 6.35. The fraction of sp³-hybridized carbons (Fsp3) is 0.174. The largest absolute Gasteiger partial charge is 0.573 e. The highest BCUT2D eigenvalue weighted by Gasteiger charge is 2.31. The Bertz CT molecular complexity index is 1630. The van der Waals surface area contributed by atoms with Crippen molar-refractivity contribution in [3.05, 3.63) is 68.7 Å². The third kappa shape index (κ3) is 5.19. The number of fused-ring (bicyclic) bond motifs is 1. The van der Waals surface area contributed by atoms with E-state index in [0.29, 0.717) is 5.56 Å². The number of halogens is 4. The zero-order valence-electron chi connectivity index (χ0n) is 19.3. The molecular weight excluding hydrogens is 513 g/mol. The molecule has 4 aromatic rings. The molecule has 190 valence electrons. The molecule has 5 N–H and O–H groups in total. The minimum atomic E-state index is -4.95. The Labute approximate surface area is 212 Å². The van der Waals surface area contributed by atoms with Gasteiger partial charge in [0, 0.05) is 6.07 Å². The molecule has 2 aromatic heterocycles. The van der Waals surface area contributed by atoms with Gasteiger partial charge in [-0.3, -0.25) is 9.36 Å². The number of nitrogen functional groups attached to an aromatic ring is 2. The second-order valence-corrected chi connectivity index (χ2v) is 8.37. The summed E-state index contributed by atoms with van der Waals surface area (Å²) in [6.07, 6.45) is -4.95. The molecule has 0 fully saturated rings. The summed E-state index contributed by atoms with van der Waals surface area (Å²) in [6.45, 7) is 3.15. The Kier molecular flexibility index (Phi) is 6.53. The number of anilines is 3. The number of alkyl halides is 3. The van der Waals surface area contributed by atoms with Crippen LogP contribution >= 0.6 is 11.6 Å². The van der Waals surface area contributed by atoms with Crippen LogP contribution in [0.25, 0.3) is 16.6 Å². The van der Waals surface area contributed by atoms with E-state index in [1.807, 2.05) is 6.07 Å². The molecule has 0 radical (unpaired) electrons. The molecule has 0 saturated carbocycles. The van der Waals surface area contributed by atoms with E-state index < -0.39 is 23.7 Å². The Balaban J connectivity index is 1.96. The average molecular weight is 531 g/mol. The van der Waals surface area contributed by atoms with Crippen molar-refractivity contribution in [2.24, 2.45) is 0 Å². The summed E-state index contributed by atoms with van der Waals surface area (Å²) in [5.41, 5.74) is 11.4. The maximum absolute atomic E-state index is 13.7. The van der Waals surface area contributed by atoms with Crippen molar-refractivity contribution < 1.29 is 17.9 Å². The standard InChI is InChI=1S/C23H18ClF3N8O2/c1-10-6-12(8-13(7-10)37-23(25,26)27)35-20(32-16-5-3-4-15(24)17(16)21(35)36)11(2)31-19-14(9-28)18(29)33-22(30)34-19/h3-8,11H,1-2H3,(H5,29,30,31,33,34). The van der Waals surface area contributed by atoms with Crippen LogP contribution in [0.15, 0.2) is 41.2 Å². The number of hydrogen-bond acceptors (Lipinski definition) is 9. The normalized spacial score (nSPS) is 12.2. The van der Waals surface area contributed by atoms with Crippen molar-refractivity contribution >= 4 is 40.1 Å². The lowest BCUT2D eigenvalue weighted by atomic mass is 10.1. The molecule has 1 atom stereocenters. The van der Waals surface area contributed by atoms with Gasteiger partial charge in [-0.05, 0) is 43.7 Å². The van der Waals surface area contributed by atoms with Gasteiger partial charge in [0.2, 0.25) is 5.95 Å². The van der Waals surface area contributed by atoms with Gasteiger partial charge in [-0.1, -0.05) is 17.7 Å². The number of nitriles is 1. The van der Waals surface area contributed by atoms with Crippen LogP contribution in [-0.2, 0) is 0 Å². The zero-order chi connectivity index (χ0) is 27.1. The number of ether oxygens (including phenoxy) is 1. The molecule has 37 heavy (non-hydrogen) atoms. The van der Waals surface area contributed by atoms with E-state index in [0.717, 1.165) is 10.6 Å². The van der Waals surface area contributed by atoms with E-state index in [2.05, 4.69) is 25.0 Å². The molecule has 0 amide bonds. The first kappa shape index (κ1) is 25.5. The fourth-order valence-corrected chi connectivity index (χ4v) is 4.03. The molecule has 0 spiro atoms. The SMILES string of the molecule is Cc1cc(OC(F)(F)F)cc(-n2c(C(C)Nc3nc(N)nc(N)c3C#N)nc3cccc(Cl)c3c2=O)c1. The number of nitrogens with one attached hydrogen (secondary N) is 1. The summed E-state index contributed by atoms with van der Waals surface area (Å²) in [4.78, 5) is 26.0. The highest BCUT2D eigenvalue weighted by atomic mass is 35.5. The maximum Gasteiger partial charge on any atom is 0.573 e. The van der Waals surface area contributed by atoms with Crippen LogP contribution in [0.2, 0.25) is 5.02 Å². The minimum absolute atomic E-state index is 0.0164. The van der Waals surface area contributed by atoms with Crippen molar-refractivity contribution in [1.29, 1.82) is 5.26 Å². The summed E-state index contributed by atoms with van der Waals surface area (Å²) in [6, 6.07) is 9.44. The molecule has 0 saturated heterocycles. The molecule has 1 unspecified atom stereocenters. The first-order valence-corrected chi connectivity index (χ1v) is 10.9. The van der Waals surface area contributed by atoms with Gasteiger partial charge in [-0.2, -0.15) is 15.2 Å². The molecule has 2 aromatic carbocycles. The third-order valence-electron chi connectivity index (χ3n) is 5.21. The quantitative estimate of drug-likeness (QED) is 0.343. The number of rotatable bonds is 5. The van der Waals surface area contributed by atoms with Gasteiger partial charge in [0.25, 0.3) is 5.56 Å². The van der Waals surface area contributed by atoms with E-state index in [1.54, 1.807) is 26.0 Å². The summed E-state index contributed by atoms with van der Waals surface area (Å²) in [7, 11) is 0. The van der Waals surface area contributed by atoms with E-state index in [9.17, 15) is 23.2 Å². The first-order valence-electron chi connectivity index (χ1n) is 10.6. The lowest BCUT2D eigenvalue weighted by molar-refractivity contribution is -0.274. The van der Waals surface area contributed by atoms with Gasteiger partial charge < -0.3 is 21.5 Å². The van der Waals surface area contributed by atoms with Crippen molar-refractivity contribution in [1.82, 2.24) is 19.5 Å². The second-order valence-electron chi connectivity index (χ2n) is 7.97. The third-order valence-corrected chi connectivity index (χ3v) is 5.52. The highest BCUT2D eigenvalue weighted by Crippen LogP contribution is 2.30. The molecule has 0 aliphatic carbocycles. The van der Waals surface area contributed by atoms with Gasteiger partial charge >= 0.3 is 6.36 Å². The monoisotopic (exact) mass is 530 g/mol. The molecule has 0 aliphatic heterocycles. The van der Waals surface area contributed by atoms with Crippen LogP contribution in [0.5, 0.6) is 5.75 Å². The lowest BCUT2D eigenvalue weighted by Gasteiger charge is -2.21. The topological polar surface area (TPSA) is 158 Å². The molecular formula is C23H18ClF3N8O2. The van der Waals surface area contributed by atoms with Crippen molar-refractivity contribution in [3.8, 4) is 17.5 Å². The van der Waals surface area contributed by atoms with Crippen molar-refractivity contribution in [2.45, 2.75) is 26.3 Å². The predicted molar refractivity (Wildman–Crippen MR) is 131 cm³/mol. The van der Waals surface area contributed by atoms with Crippen LogP contribution in [0.1, 0.15) is 29.9 Å². The first-order chi connectivity index (χ1) is 17.4. The van der Waals surface area contributed by atoms with E-state index in [-0.39, 0.29) is 50.6 Å². The lowest BCUT2D eigenvalue weighted by Crippen LogP contribution is -2.28. The molecule has 0 aliphatic rings. The van der Waals surface area contributed by atoms with Crippen LogP contribution in [0.4, 0.5) is 30.8 Å². The Morgan fingerprint density at radius 1 is 1.19 bits per heavy atom. The average Bonchev–Trinajstić information content (AvgIpc) is 2.77. The Morgan fingerprint density at radius 3 is 2.59 bits per heavy atom. The summed E-state index contributed by atoms with van der Waals surface area (Å²) in [5, 5.41) is 12.6. The van der Waals surface area contributed by atoms with Gasteiger partial charge in [-0.15, -0.1) is 13.2 Å². The van der Waals surface area contributed by atoms with Gasteiger partial charge in [-0.25, -0.2) is 4.98 Å². The Morgan fingerprint density at radius 2 is 1.92 bits per heavy atom. The van der Waals surface area contributed by atoms with Gasteiger partial charge in [0.05, 0.1) is 27.7 Å². The maximum atomic E-state index is 13.7. The van der Waals surface area contributed by atoms with Crippen molar-refractivity contribution in [3.63, 3.8) is 0 Å². The summed E-state index contributed by atoms with van der Waals surface area (Å²) >= 11 is 6.28. The number of benzene rings is 2. The van der Waals surface area contributed by atoms with E-state index in [1.165, 1.54) is 18.2 Å². The van der Waals surface area contributed by atoms with Crippen LogP contribution in [0.3, 0.4) is 0 Å². The van der Waals surface area contributed by atoms with Crippen LogP contribution in [-0.4, -0.2) is 25.9 Å². The zero-order valence-corrected chi connectivity index (χ0v) is 20.0. The Hall–Kier alpha value is -4.57. The van der Waals surface area contributed by atoms with E-state index >= 15 is 0 Å². The smallest absolute Gasteiger partial charge is 0.406 e. The minimum Gasteiger partial charge on any atom is -0.406 e. The summed E-state index contributed by atoms with van der Waals surface area (Å²) < 4.78 is 44.0. The number of nitrogens with zero attached hydrogens (tertiary/aromatic N) is 5. The van der Waals surface area contributed by atoms with Crippen molar-refractivity contribution in [2.75, 3.05) is 16.8 Å². The number of aryl methyl sites for hydroxylation is 1. The number of nitrogens with two attached hydrogens (primary N) is 2. The molecule has 14 heteroatoms. The van der Waals surface area contributed by atoms with Gasteiger partial charge in [0.15, 0.2) is 5.82 Å². The fourth-order valence-electron chi connectivity index (χ4n) is 3.78. The van der Waals surface area contributed by atoms with Gasteiger partial charge in [0.1, 0.15) is 29.0 Å². The predicted octanol–water partition coefficient (Wildman–Crippen LogP) is 4.25. The second kappa shape index (κ2) is 9.47. The molecule has 10 nitrogen and oxygen atoms in total. The van der Waals surface area contributed by atoms with Crippen LogP contribution < -0.4 is 27.1 Å². The molecule has 2 heterocycles.